The highest BCUT2D eigenvalue weighted by atomic mass is 16.1. The van der Waals surface area contributed by atoms with Gasteiger partial charge in [-0.3, -0.25) is 4.79 Å². The highest BCUT2D eigenvalue weighted by Gasteiger charge is 2.20. The third-order valence-corrected chi connectivity index (χ3v) is 4.31. The van der Waals surface area contributed by atoms with Crippen molar-refractivity contribution in [2.24, 2.45) is 0 Å². The molecule has 2 aromatic rings. The minimum atomic E-state index is 0.280. The first-order valence-corrected chi connectivity index (χ1v) is 8.11. The van der Waals surface area contributed by atoms with Crippen molar-refractivity contribution in [2.75, 3.05) is 23.7 Å². The van der Waals surface area contributed by atoms with Crippen molar-refractivity contribution >= 4 is 17.5 Å². The van der Waals surface area contributed by atoms with Crippen LogP contribution in [-0.4, -0.2) is 28.8 Å². The topological polar surface area (TPSA) is 72.1 Å². The molecule has 1 aliphatic heterocycles. The fraction of sp³-hybridized carbons (Fsp3) is 0.389. The Hall–Kier alpha value is -2.43. The van der Waals surface area contributed by atoms with Gasteiger partial charge in [-0.1, -0.05) is 31.2 Å². The maximum atomic E-state index is 11.5. The zero-order valence-electron chi connectivity index (χ0n) is 13.5. The van der Waals surface area contributed by atoms with Crippen LogP contribution in [0.15, 0.2) is 30.5 Å². The van der Waals surface area contributed by atoms with Crippen molar-refractivity contribution in [2.45, 2.75) is 32.6 Å². The predicted molar refractivity (Wildman–Crippen MR) is 91.5 cm³/mol. The van der Waals surface area contributed by atoms with E-state index in [1.165, 1.54) is 11.1 Å². The average molecular weight is 310 g/mol. The Morgan fingerprint density at radius 2 is 1.78 bits per heavy atom. The van der Waals surface area contributed by atoms with E-state index in [9.17, 15) is 4.79 Å². The van der Waals surface area contributed by atoms with Gasteiger partial charge >= 0.3 is 0 Å². The molecule has 2 N–H and O–H groups in total. The van der Waals surface area contributed by atoms with Gasteiger partial charge in [-0.2, -0.15) is 4.98 Å². The number of anilines is 2. The Balaban J connectivity index is 1.84. The zero-order valence-corrected chi connectivity index (χ0v) is 13.5. The lowest BCUT2D eigenvalue weighted by atomic mass is 10.0. The minimum Gasteiger partial charge on any atom is -0.368 e. The van der Waals surface area contributed by atoms with Crippen LogP contribution in [0.1, 0.15) is 36.5 Å². The quantitative estimate of drug-likeness (QED) is 0.938. The van der Waals surface area contributed by atoms with Crippen molar-refractivity contribution in [3.63, 3.8) is 0 Å². The summed E-state index contributed by atoms with van der Waals surface area (Å²) in [4.78, 5) is 22.2. The highest BCUT2D eigenvalue weighted by molar-refractivity contribution is 5.81. The van der Waals surface area contributed by atoms with Crippen molar-refractivity contribution < 1.29 is 4.79 Å². The van der Waals surface area contributed by atoms with Crippen molar-refractivity contribution in [3.8, 4) is 0 Å². The largest absolute Gasteiger partial charge is 0.368 e. The molecule has 0 bridgehead atoms. The van der Waals surface area contributed by atoms with Crippen molar-refractivity contribution in [3.05, 3.63) is 47.2 Å². The maximum Gasteiger partial charge on any atom is 0.221 e. The second-order valence-corrected chi connectivity index (χ2v) is 5.95. The van der Waals surface area contributed by atoms with Crippen LogP contribution in [0, 0.1) is 0 Å². The minimum absolute atomic E-state index is 0.280. The van der Waals surface area contributed by atoms with Crippen LogP contribution in [0.5, 0.6) is 0 Å². The summed E-state index contributed by atoms with van der Waals surface area (Å²) in [5.74, 6) is 1.46. The van der Waals surface area contributed by atoms with Gasteiger partial charge in [0.15, 0.2) is 0 Å². The fourth-order valence-corrected chi connectivity index (χ4v) is 2.89. The van der Waals surface area contributed by atoms with Crippen molar-refractivity contribution in [1.82, 2.24) is 9.97 Å². The van der Waals surface area contributed by atoms with Gasteiger partial charge in [0.1, 0.15) is 11.6 Å². The molecule has 0 saturated carbocycles. The van der Waals surface area contributed by atoms with Crippen LogP contribution in [0.4, 0.5) is 11.8 Å². The monoisotopic (exact) mass is 310 g/mol. The molecule has 5 nitrogen and oxygen atoms in total. The van der Waals surface area contributed by atoms with E-state index in [0.717, 1.165) is 24.2 Å². The van der Waals surface area contributed by atoms with Crippen molar-refractivity contribution in [1.29, 1.82) is 0 Å². The number of benzene rings is 1. The number of nitrogens with zero attached hydrogens (tertiary/aromatic N) is 3. The molecule has 120 valence electrons. The summed E-state index contributed by atoms with van der Waals surface area (Å²) in [6, 6.07) is 8.62. The SMILES string of the molecule is CCc1ccc(Cc2cnc(N)nc2N2CCC(=O)CC2)cc1. The molecule has 5 heteroatoms. The molecule has 0 amide bonds. The number of nitrogens with two attached hydrogens (primary N) is 1. The summed E-state index contributed by atoms with van der Waals surface area (Å²) < 4.78 is 0. The Kier molecular flexibility index (Phi) is 4.55. The fourth-order valence-electron chi connectivity index (χ4n) is 2.89. The molecule has 1 aromatic carbocycles. The first-order chi connectivity index (χ1) is 11.2. The first-order valence-electron chi connectivity index (χ1n) is 8.11. The van der Waals surface area contributed by atoms with Crippen LogP contribution < -0.4 is 10.6 Å². The predicted octanol–water partition coefficient (Wildman–Crippen LogP) is 2.38. The van der Waals surface area contributed by atoms with Crippen LogP contribution in [0.2, 0.25) is 0 Å². The number of carbonyl (C=O) groups is 1. The van der Waals surface area contributed by atoms with Crippen LogP contribution in [0.3, 0.4) is 0 Å². The molecule has 1 aromatic heterocycles. The standard InChI is InChI=1S/C18H22N4O/c1-2-13-3-5-14(6-4-13)11-15-12-20-18(19)21-17(15)22-9-7-16(23)8-10-22/h3-6,12H,2,7-11H2,1H3,(H2,19,20,21). The molecule has 1 fully saturated rings. The molecule has 0 spiro atoms. The van der Waals surface area contributed by atoms with E-state index in [2.05, 4.69) is 46.1 Å². The van der Waals surface area contributed by atoms with Gasteiger partial charge in [-0.25, -0.2) is 4.98 Å². The molecule has 2 heterocycles. The van der Waals surface area contributed by atoms with Gasteiger partial charge in [-0.05, 0) is 17.5 Å². The van der Waals surface area contributed by atoms with E-state index in [1.54, 1.807) is 0 Å². The third kappa shape index (κ3) is 3.67. The highest BCUT2D eigenvalue weighted by Crippen LogP contribution is 2.24. The maximum absolute atomic E-state index is 11.5. The summed E-state index contributed by atoms with van der Waals surface area (Å²) in [5, 5.41) is 0. The van der Waals surface area contributed by atoms with E-state index in [0.29, 0.717) is 31.7 Å². The number of ketones is 1. The van der Waals surface area contributed by atoms with E-state index in [-0.39, 0.29) is 5.95 Å². The van der Waals surface area contributed by atoms with E-state index >= 15 is 0 Å². The van der Waals surface area contributed by atoms with Gasteiger partial charge in [0.05, 0.1) is 0 Å². The lowest BCUT2D eigenvalue weighted by Gasteiger charge is -2.28. The second-order valence-electron chi connectivity index (χ2n) is 5.95. The molecule has 3 rings (SSSR count). The summed E-state index contributed by atoms with van der Waals surface area (Å²) in [7, 11) is 0. The lowest BCUT2D eigenvalue weighted by molar-refractivity contribution is -0.119. The Bertz CT molecular complexity index is 687. The number of aromatic nitrogens is 2. The van der Waals surface area contributed by atoms with Gasteiger partial charge in [0.25, 0.3) is 0 Å². The number of hydrogen-bond donors (Lipinski definition) is 1. The Morgan fingerprint density at radius 1 is 1.13 bits per heavy atom. The number of carbonyl (C=O) groups excluding carboxylic acids is 1. The number of nitrogen functional groups attached to an aromatic ring is 1. The number of rotatable bonds is 4. The van der Waals surface area contributed by atoms with E-state index in [4.69, 9.17) is 5.73 Å². The van der Waals surface area contributed by atoms with Crippen LogP contribution in [-0.2, 0) is 17.6 Å². The number of Topliss-reactive ketones (excluding diaryl/α,β-unsaturated/α-hetero) is 1. The van der Waals surface area contributed by atoms with Gasteiger partial charge < -0.3 is 10.6 Å². The van der Waals surface area contributed by atoms with Crippen LogP contribution >= 0.6 is 0 Å². The third-order valence-electron chi connectivity index (χ3n) is 4.31. The summed E-state index contributed by atoms with van der Waals surface area (Å²) in [6.07, 6.45) is 4.77. The molecular formula is C18H22N4O. The molecule has 23 heavy (non-hydrogen) atoms. The van der Waals surface area contributed by atoms with Gasteiger partial charge in [0.2, 0.25) is 5.95 Å². The molecule has 0 aliphatic carbocycles. The van der Waals surface area contributed by atoms with E-state index < -0.39 is 0 Å². The molecule has 0 radical (unpaired) electrons. The lowest BCUT2D eigenvalue weighted by Crippen LogP contribution is -2.35. The Morgan fingerprint density at radius 3 is 2.43 bits per heavy atom. The summed E-state index contributed by atoms with van der Waals surface area (Å²) in [6.45, 7) is 3.56. The Labute approximate surface area is 136 Å². The molecule has 0 unspecified atom stereocenters. The summed E-state index contributed by atoms with van der Waals surface area (Å²) in [5.41, 5.74) is 9.39. The molecule has 1 aliphatic rings. The number of hydrogen-bond acceptors (Lipinski definition) is 5. The smallest absolute Gasteiger partial charge is 0.221 e. The number of piperidine rings is 1. The number of aryl methyl sites for hydroxylation is 1. The van der Waals surface area contributed by atoms with Gasteiger partial charge in [0, 0.05) is 44.1 Å². The first kappa shape index (κ1) is 15.5. The molecular weight excluding hydrogens is 288 g/mol. The normalized spacial score (nSPS) is 15.0. The summed E-state index contributed by atoms with van der Waals surface area (Å²) >= 11 is 0. The van der Waals surface area contributed by atoms with Gasteiger partial charge in [-0.15, -0.1) is 0 Å². The van der Waals surface area contributed by atoms with E-state index in [1.807, 2.05) is 6.20 Å². The average Bonchev–Trinajstić information content (AvgIpc) is 2.58. The zero-order chi connectivity index (χ0) is 16.2. The second kappa shape index (κ2) is 6.77. The molecule has 0 atom stereocenters. The van der Waals surface area contributed by atoms with Crippen LogP contribution in [0.25, 0.3) is 0 Å². The molecule has 1 saturated heterocycles.